The Labute approximate surface area is 210 Å². The van der Waals surface area contributed by atoms with Crippen LogP contribution in [0.15, 0.2) is 42.6 Å². The number of methoxy groups -OCH3 is 1. The number of amides is 2. The Morgan fingerprint density at radius 3 is 2.47 bits per heavy atom. The molecule has 190 valence electrons. The predicted molar refractivity (Wildman–Crippen MR) is 129 cm³/mol. The largest absolute Gasteiger partial charge is 0.497 e. The number of nitrogens with one attached hydrogen (secondary N) is 1. The van der Waals surface area contributed by atoms with Crippen molar-refractivity contribution in [1.29, 1.82) is 5.26 Å². The molecule has 1 fully saturated rings. The number of nitriles is 1. The van der Waals surface area contributed by atoms with Gasteiger partial charge in [0.05, 0.1) is 25.4 Å². The zero-order chi connectivity index (χ0) is 25.9. The number of pyridine rings is 1. The van der Waals surface area contributed by atoms with Gasteiger partial charge in [0.15, 0.2) is 0 Å². The van der Waals surface area contributed by atoms with Crippen LogP contribution < -0.4 is 10.1 Å². The van der Waals surface area contributed by atoms with Gasteiger partial charge in [-0.1, -0.05) is 12.1 Å². The third-order valence-corrected chi connectivity index (χ3v) is 5.82. The van der Waals surface area contributed by atoms with E-state index in [9.17, 15) is 14.4 Å². The molecule has 3 rings (SSSR count). The van der Waals surface area contributed by atoms with Crippen molar-refractivity contribution in [3.05, 3.63) is 59.4 Å². The molecule has 0 saturated carbocycles. The summed E-state index contributed by atoms with van der Waals surface area (Å²) in [7, 11) is 1.58. The topological polar surface area (TPSA) is 131 Å². The highest BCUT2D eigenvalue weighted by Crippen LogP contribution is 2.18. The first-order valence-corrected chi connectivity index (χ1v) is 11.8. The molecule has 1 aromatic carbocycles. The Hall–Kier alpha value is -3.97. The van der Waals surface area contributed by atoms with E-state index in [0.29, 0.717) is 43.9 Å². The summed E-state index contributed by atoms with van der Waals surface area (Å²) in [4.78, 5) is 43.6. The van der Waals surface area contributed by atoms with Crippen LogP contribution in [0, 0.1) is 11.3 Å². The first-order valence-electron chi connectivity index (χ1n) is 11.8. The summed E-state index contributed by atoms with van der Waals surface area (Å²) in [6, 6.07) is 11.4. The second kappa shape index (κ2) is 13.2. The number of carbonyl (C=O) groups excluding carboxylic acids is 3. The van der Waals surface area contributed by atoms with Crippen LogP contribution >= 0.6 is 0 Å². The lowest BCUT2D eigenvalue weighted by molar-refractivity contribution is -0.152. The summed E-state index contributed by atoms with van der Waals surface area (Å²) in [5.74, 6) is -0.428. The normalized spacial score (nSPS) is 14.4. The van der Waals surface area contributed by atoms with Crippen LogP contribution in [-0.4, -0.2) is 73.2 Å². The van der Waals surface area contributed by atoms with Crippen LogP contribution in [0.2, 0.25) is 0 Å². The summed E-state index contributed by atoms with van der Waals surface area (Å²) in [6.45, 7) is 2.81. The van der Waals surface area contributed by atoms with Gasteiger partial charge in [-0.15, -0.1) is 0 Å². The lowest BCUT2D eigenvalue weighted by atomic mass is 10.0. The van der Waals surface area contributed by atoms with Gasteiger partial charge in [-0.2, -0.15) is 5.26 Å². The molecule has 0 spiro atoms. The van der Waals surface area contributed by atoms with E-state index in [1.165, 1.54) is 18.3 Å². The number of likely N-dealkylation sites (tertiary alicyclic amines) is 1. The average molecular weight is 495 g/mol. The highest BCUT2D eigenvalue weighted by Gasteiger charge is 2.30. The zero-order valence-corrected chi connectivity index (χ0v) is 20.4. The monoisotopic (exact) mass is 494 g/mol. The number of hydrogen-bond donors (Lipinski definition) is 1. The molecule has 2 aromatic rings. The van der Waals surface area contributed by atoms with E-state index in [1.807, 2.05) is 18.2 Å². The van der Waals surface area contributed by atoms with Gasteiger partial charge in [0.1, 0.15) is 30.2 Å². The number of esters is 1. The van der Waals surface area contributed by atoms with Crippen molar-refractivity contribution in [3.63, 3.8) is 0 Å². The Kier molecular flexibility index (Phi) is 9.77. The first-order chi connectivity index (χ1) is 17.4. The van der Waals surface area contributed by atoms with E-state index in [0.717, 1.165) is 5.56 Å². The molecule has 0 aliphatic carbocycles. The lowest BCUT2D eigenvalue weighted by Crippen LogP contribution is -2.52. The maximum absolute atomic E-state index is 13.5. The van der Waals surface area contributed by atoms with Crippen LogP contribution in [0.4, 0.5) is 0 Å². The van der Waals surface area contributed by atoms with Gasteiger partial charge in [-0.3, -0.25) is 9.59 Å². The van der Waals surface area contributed by atoms with Crippen molar-refractivity contribution in [1.82, 2.24) is 15.2 Å². The van der Waals surface area contributed by atoms with Gasteiger partial charge < -0.3 is 24.4 Å². The van der Waals surface area contributed by atoms with Crippen LogP contribution in [0.5, 0.6) is 5.75 Å². The molecule has 0 radical (unpaired) electrons. The fourth-order valence-corrected chi connectivity index (χ4v) is 3.88. The molecule has 2 amide bonds. The molecule has 36 heavy (non-hydrogen) atoms. The molecule has 1 atom stereocenters. The SMILES string of the molecule is CCOC(=O)COC1CCN(C(=O)[C@H](Cc2ccc(OC)cc2)NC(=O)c2ccc(C#N)cn2)CC1. The summed E-state index contributed by atoms with van der Waals surface area (Å²) < 4.78 is 15.7. The highest BCUT2D eigenvalue weighted by molar-refractivity contribution is 5.96. The van der Waals surface area contributed by atoms with Crippen molar-refractivity contribution in [3.8, 4) is 11.8 Å². The number of ether oxygens (including phenoxy) is 3. The van der Waals surface area contributed by atoms with Crippen molar-refractivity contribution >= 4 is 17.8 Å². The quantitative estimate of drug-likeness (QED) is 0.496. The van der Waals surface area contributed by atoms with E-state index >= 15 is 0 Å². The molecular weight excluding hydrogens is 464 g/mol. The summed E-state index contributed by atoms with van der Waals surface area (Å²) in [6.07, 6.45) is 2.60. The van der Waals surface area contributed by atoms with Crippen molar-refractivity contribution in [2.75, 3.05) is 33.4 Å². The minimum absolute atomic E-state index is 0.111. The number of benzene rings is 1. The molecule has 0 bridgehead atoms. The molecule has 10 heteroatoms. The van der Waals surface area contributed by atoms with E-state index in [1.54, 1.807) is 31.1 Å². The van der Waals surface area contributed by atoms with E-state index in [-0.39, 0.29) is 30.7 Å². The molecule has 1 saturated heterocycles. The number of aromatic nitrogens is 1. The molecule has 1 N–H and O–H groups in total. The Morgan fingerprint density at radius 2 is 1.89 bits per heavy atom. The van der Waals surface area contributed by atoms with Gasteiger partial charge >= 0.3 is 5.97 Å². The number of nitrogens with zero attached hydrogens (tertiary/aromatic N) is 3. The zero-order valence-electron chi connectivity index (χ0n) is 20.4. The number of carbonyl (C=O) groups is 3. The van der Waals surface area contributed by atoms with Crippen LogP contribution in [0.3, 0.4) is 0 Å². The molecule has 2 heterocycles. The predicted octanol–water partition coefficient (Wildman–Crippen LogP) is 1.87. The Bertz CT molecular complexity index is 1070. The van der Waals surface area contributed by atoms with E-state index in [2.05, 4.69) is 10.3 Å². The van der Waals surface area contributed by atoms with Gasteiger partial charge in [-0.05, 0) is 49.6 Å². The fraction of sp³-hybridized carbons (Fsp3) is 0.423. The number of piperidine rings is 1. The second-order valence-electron chi connectivity index (χ2n) is 8.26. The fourth-order valence-electron chi connectivity index (χ4n) is 3.88. The Morgan fingerprint density at radius 1 is 1.17 bits per heavy atom. The third kappa shape index (κ3) is 7.52. The molecule has 1 aliphatic heterocycles. The van der Waals surface area contributed by atoms with Crippen molar-refractivity contribution < 1.29 is 28.6 Å². The van der Waals surface area contributed by atoms with Gasteiger partial charge in [0.25, 0.3) is 5.91 Å². The molecule has 0 unspecified atom stereocenters. The molecular formula is C26H30N4O6. The van der Waals surface area contributed by atoms with Gasteiger partial charge in [0, 0.05) is 25.7 Å². The summed E-state index contributed by atoms with van der Waals surface area (Å²) in [5.41, 5.74) is 1.31. The van der Waals surface area contributed by atoms with Gasteiger partial charge in [-0.25, -0.2) is 9.78 Å². The minimum atomic E-state index is -0.819. The summed E-state index contributed by atoms with van der Waals surface area (Å²) >= 11 is 0. The third-order valence-electron chi connectivity index (χ3n) is 5.82. The van der Waals surface area contributed by atoms with Crippen molar-refractivity contribution in [2.45, 2.75) is 38.3 Å². The number of hydrogen-bond acceptors (Lipinski definition) is 8. The molecule has 1 aliphatic rings. The average Bonchev–Trinajstić information content (AvgIpc) is 2.92. The molecule has 1 aromatic heterocycles. The van der Waals surface area contributed by atoms with Crippen LogP contribution in [-0.2, 0) is 25.5 Å². The first kappa shape index (κ1) is 26.6. The Balaban J connectivity index is 1.66. The van der Waals surface area contributed by atoms with Crippen LogP contribution in [0.1, 0.15) is 41.4 Å². The smallest absolute Gasteiger partial charge is 0.332 e. The van der Waals surface area contributed by atoms with E-state index < -0.39 is 17.9 Å². The van der Waals surface area contributed by atoms with Crippen molar-refractivity contribution in [2.24, 2.45) is 0 Å². The second-order valence-corrected chi connectivity index (χ2v) is 8.26. The lowest BCUT2D eigenvalue weighted by Gasteiger charge is -2.34. The number of rotatable bonds is 10. The maximum atomic E-state index is 13.5. The summed E-state index contributed by atoms with van der Waals surface area (Å²) in [5, 5.41) is 11.8. The van der Waals surface area contributed by atoms with Gasteiger partial charge in [0.2, 0.25) is 5.91 Å². The maximum Gasteiger partial charge on any atom is 0.332 e. The van der Waals surface area contributed by atoms with Crippen LogP contribution in [0.25, 0.3) is 0 Å². The molecule has 10 nitrogen and oxygen atoms in total. The standard InChI is InChI=1S/C26H30N4O6/c1-3-35-24(31)17-36-21-10-12-30(13-11-21)26(33)23(14-18-4-7-20(34-2)8-5-18)29-25(32)22-9-6-19(15-27)16-28-22/h4-9,16,21,23H,3,10-14,17H2,1-2H3,(H,29,32)/t23-/m0/s1. The minimum Gasteiger partial charge on any atom is -0.497 e. The van der Waals surface area contributed by atoms with E-state index in [4.69, 9.17) is 19.5 Å². The highest BCUT2D eigenvalue weighted by atomic mass is 16.6.